The first-order valence-corrected chi connectivity index (χ1v) is 6.54. The molecule has 0 unspecified atom stereocenters. The first-order chi connectivity index (χ1) is 9.61. The predicted molar refractivity (Wildman–Crippen MR) is 71.2 cm³/mol. The van der Waals surface area contributed by atoms with E-state index in [2.05, 4.69) is 4.98 Å². The molecule has 1 N–H and O–H groups in total. The average Bonchev–Trinajstić information content (AvgIpc) is 2.74. The summed E-state index contributed by atoms with van der Waals surface area (Å²) in [4.78, 5) is 28.7. The number of aromatic nitrogens is 2. The highest BCUT2D eigenvalue weighted by Gasteiger charge is 2.32. The molecular weight excluding hydrogens is 258 g/mol. The molecule has 104 valence electrons. The molecule has 0 bridgehead atoms. The third kappa shape index (κ3) is 2.49. The van der Waals surface area contributed by atoms with E-state index in [1.54, 1.807) is 4.90 Å². The van der Waals surface area contributed by atoms with E-state index in [-0.39, 0.29) is 24.7 Å². The third-order valence-electron chi connectivity index (χ3n) is 3.52. The van der Waals surface area contributed by atoms with Crippen LogP contribution in [0.2, 0.25) is 0 Å². The van der Waals surface area contributed by atoms with Gasteiger partial charge in [-0.3, -0.25) is 9.59 Å². The lowest BCUT2D eigenvalue weighted by Crippen LogP contribution is -2.51. The Morgan fingerprint density at radius 1 is 1.35 bits per heavy atom. The van der Waals surface area contributed by atoms with Crippen molar-refractivity contribution in [1.29, 1.82) is 0 Å². The van der Waals surface area contributed by atoms with Gasteiger partial charge in [-0.15, -0.1) is 0 Å². The number of carbonyl (C=O) groups is 2. The van der Waals surface area contributed by atoms with Gasteiger partial charge in [-0.2, -0.15) is 0 Å². The number of hydrogen-bond donors (Lipinski definition) is 1. The smallest absolute Gasteiger partial charge is 0.303 e. The molecule has 3 rings (SSSR count). The minimum absolute atomic E-state index is 0.00930. The summed E-state index contributed by atoms with van der Waals surface area (Å²) < 4.78 is 1.88. The van der Waals surface area contributed by atoms with E-state index in [1.807, 2.05) is 35.0 Å². The van der Waals surface area contributed by atoms with Gasteiger partial charge in [-0.1, -0.05) is 6.07 Å². The van der Waals surface area contributed by atoms with Crippen LogP contribution < -0.4 is 0 Å². The summed E-state index contributed by atoms with van der Waals surface area (Å²) in [6.45, 7) is 1.08. The van der Waals surface area contributed by atoms with Crippen LogP contribution in [0.1, 0.15) is 12.1 Å². The molecule has 0 saturated carbocycles. The van der Waals surface area contributed by atoms with Crippen molar-refractivity contribution in [3.63, 3.8) is 0 Å². The van der Waals surface area contributed by atoms with E-state index in [9.17, 15) is 9.59 Å². The Labute approximate surface area is 115 Å². The van der Waals surface area contributed by atoms with Crippen LogP contribution >= 0.6 is 0 Å². The first kappa shape index (κ1) is 12.7. The lowest BCUT2D eigenvalue weighted by atomic mass is 9.96. The minimum atomic E-state index is -0.803. The quantitative estimate of drug-likeness (QED) is 0.894. The van der Waals surface area contributed by atoms with Crippen LogP contribution in [0.15, 0.2) is 30.6 Å². The number of likely N-dealkylation sites (tertiary alicyclic amines) is 1. The average molecular weight is 273 g/mol. The number of carboxylic acids is 1. The van der Waals surface area contributed by atoms with Crippen molar-refractivity contribution in [2.75, 3.05) is 13.1 Å². The second kappa shape index (κ2) is 4.96. The summed E-state index contributed by atoms with van der Waals surface area (Å²) in [5, 5.41) is 8.67. The van der Waals surface area contributed by atoms with E-state index >= 15 is 0 Å². The molecule has 2 aromatic rings. The number of carboxylic acid groups (broad SMARTS) is 1. The Morgan fingerprint density at radius 3 is 2.85 bits per heavy atom. The van der Waals surface area contributed by atoms with Gasteiger partial charge in [-0.05, 0) is 12.1 Å². The number of pyridine rings is 1. The van der Waals surface area contributed by atoms with Gasteiger partial charge in [0.15, 0.2) is 0 Å². The van der Waals surface area contributed by atoms with E-state index in [1.165, 1.54) is 0 Å². The van der Waals surface area contributed by atoms with Crippen molar-refractivity contribution < 1.29 is 14.7 Å². The molecule has 1 aliphatic heterocycles. The maximum absolute atomic E-state index is 12.0. The molecule has 0 aromatic carbocycles. The monoisotopic (exact) mass is 273 g/mol. The normalized spacial score (nSPS) is 15.3. The van der Waals surface area contributed by atoms with Crippen LogP contribution in [0.25, 0.3) is 5.65 Å². The summed E-state index contributed by atoms with van der Waals surface area (Å²) in [6.07, 6.45) is 4.14. The molecule has 1 saturated heterocycles. The van der Waals surface area contributed by atoms with Crippen molar-refractivity contribution >= 4 is 17.5 Å². The third-order valence-corrected chi connectivity index (χ3v) is 3.52. The number of rotatable bonds is 4. The second-order valence-corrected chi connectivity index (χ2v) is 5.14. The fourth-order valence-electron chi connectivity index (χ4n) is 2.49. The highest BCUT2D eigenvalue weighted by molar-refractivity contribution is 5.79. The van der Waals surface area contributed by atoms with E-state index in [4.69, 9.17) is 5.11 Å². The predicted octanol–water partition coefficient (Wildman–Crippen LogP) is 0.810. The zero-order chi connectivity index (χ0) is 14.1. The molecule has 0 spiro atoms. The van der Waals surface area contributed by atoms with Gasteiger partial charge in [0.05, 0.1) is 18.5 Å². The topological polar surface area (TPSA) is 74.9 Å². The van der Waals surface area contributed by atoms with Gasteiger partial charge in [0.2, 0.25) is 5.91 Å². The number of hydrogen-bond acceptors (Lipinski definition) is 3. The van der Waals surface area contributed by atoms with E-state index in [0.717, 1.165) is 11.3 Å². The maximum Gasteiger partial charge on any atom is 0.303 e. The van der Waals surface area contributed by atoms with Crippen LogP contribution in [0.4, 0.5) is 0 Å². The highest BCUT2D eigenvalue weighted by atomic mass is 16.4. The molecule has 0 aliphatic carbocycles. The fraction of sp³-hybridized carbons (Fsp3) is 0.357. The lowest BCUT2D eigenvalue weighted by Gasteiger charge is -2.38. The van der Waals surface area contributed by atoms with Gasteiger partial charge in [0, 0.05) is 31.4 Å². The zero-order valence-corrected chi connectivity index (χ0v) is 10.9. The molecule has 1 aliphatic rings. The summed E-state index contributed by atoms with van der Waals surface area (Å²) in [6, 6.07) is 5.70. The van der Waals surface area contributed by atoms with Gasteiger partial charge in [0.25, 0.3) is 0 Å². The van der Waals surface area contributed by atoms with Gasteiger partial charge in [0.1, 0.15) is 5.65 Å². The van der Waals surface area contributed by atoms with Crippen LogP contribution in [-0.4, -0.2) is 44.4 Å². The Balaban J connectivity index is 1.58. The Hall–Kier alpha value is -2.37. The largest absolute Gasteiger partial charge is 0.481 e. The number of imidazole rings is 1. The Kier molecular flexibility index (Phi) is 3.14. The van der Waals surface area contributed by atoms with Crippen molar-refractivity contribution in [3.8, 4) is 0 Å². The SMILES string of the molecule is O=C(O)CC1CN(C(=O)Cc2cn3ccccc3n2)C1. The molecule has 3 heterocycles. The molecule has 0 radical (unpaired) electrons. The molecule has 6 nitrogen and oxygen atoms in total. The Bertz CT molecular complexity index is 625. The molecular formula is C14H15N3O3. The fourth-order valence-corrected chi connectivity index (χ4v) is 2.49. The zero-order valence-electron chi connectivity index (χ0n) is 10.9. The number of carbonyl (C=O) groups excluding carboxylic acids is 1. The van der Waals surface area contributed by atoms with Gasteiger partial charge < -0.3 is 14.4 Å². The Morgan fingerprint density at radius 2 is 2.15 bits per heavy atom. The number of nitrogens with zero attached hydrogens (tertiary/aromatic N) is 3. The lowest BCUT2D eigenvalue weighted by molar-refractivity contribution is -0.144. The van der Waals surface area contributed by atoms with Crippen molar-refractivity contribution in [2.45, 2.75) is 12.8 Å². The first-order valence-electron chi connectivity index (χ1n) is 6.54. The number of amides is 1. The van der Waals surface area contributed by atoms with Crippen LogP contribution in [0, 0.1) is 5.92 Å². The molecule has 2 aromatic heterocycles. The minimum Gasteiger partial charge on any atom is -0.481 e. The summed E-state index contributed by atoms with van der Waals surface area (Å²) >= 11 is 0. The molecule has 1 fully saturated rings. The molecule has 6 heteroatoms. The molecule has 0 atom stereocenters. The standard InChI is InChI=1S/C14H15N3O3/c18-13(17-7-10(8-17)5-14(19)20)6-11-9-16-4-2-1-3-12(16)15-11/h1-4,9-10H,5-8H2,(H,19,20). The number of fused-ring (bicyclic) bond motifs is 1. The van der Waals surface area contributed by atoms with Crippen molar-refractivity contribution in [3.05, 3.63) is 36.3 Å². The molecule has 20 heavy (non-hydrogen) atoms. The maximum atomic E-state index is 12.0. The van der Waals surface area contributed by atoms with Crippen LogP contribution in [0.3, 0.4) is 0 Å². The van der Waals surface area contributed by atoms with Gasteiger partial charge >= 0.3 is 5.97 Å². The van der Waals surface area contributed by atoms with E-state index < -0.39 is 5.97 Å². The van der Waals surface area contributed by atoms with Gasteiger partial charge in [-0.25, -0.2) is 4.98 Å². The molecule has 1 amide bonds. The highest BCUT2D eigenvalue weighted by Crippen LogP contribution is 2.20. The van der Waals surface area contributed by atoms with Crippen molar-refractivity contribution in [1.82, 2.24) is 14.3 Å². The summed E-state index contributed by atoms with van der Waals surface area (Å²) in [5.41, 5.74) is 1.56. The summed E-state index contributed by atoms with van der Waals surface area (Å²) in [7, 11) is 0. The van der Waals surface area contributed by atoms with Crippen molar-refractivity contribution in [2.24, 2.45) is 5.92 Å². The van der Waals surface area contributed by atoms with Crippen LogP contribution in [0.5, 0.6) is 0 Å². The summed E-state index contributed by atoms with van der Waals surface area (Å²) in [5.74, 6) is -0.699. The number of aliphatic carboxylic acids is 1. The second-order valence-electron chi connectivity index (χ2n) is 5.14. The van der Waals surface area contributed by atoms with Crippen LogP contribution in [-0.2, 0) is 16.0 Å². The van der Waals surface area contributed by atoms with E-state index in [0.29, 0.717) is 13.1 Å².